The van der Waals surface area contributed by atoms with E-state index in [4.69, 9.17) is 0 Å². The Kier molecular flexibility index (Phi) is 6.38. The van der Waals surface area contributed by atoms with Crippen LogP contribution in [0.5, 0.6) is 0 Å². The van der Waals surface area contributed by atoms with Crippen LogP contribution < -0.4 is 5.32 Å². The lowest BCUT2D eigenvalue weighted by Crippen LogP contribution is -2.10. The Morgan fingerprint density at radius 2 is 2.17 bits per heavy atom. The third-order valence-corrected chi connectivity index (χ3v) is 4.81. The van der Waals surface area contributed by atoms with Gasteiger partial charge in [-0.15, -0.1) is 10.2 Å². The highest BCUT2D eigenvalue weighted by molar-refractivity contribution is 8.01. The first kappa shape index (κ1) is 18.0. The number of benzene rings is 1. The number of carbonyl (C=O) groups is 2. The molecule has 0 aliphatic rings. The Morgan fingerprint density at radius 3 is 2.88 bits per heavy atom. The number of hydrogen-bond donors (Lipinski definition) is 1. The molecule has 0 saturated heterocycles. The number of nitrogens with one attached hydrogen (secondary N) is 1. The molecule has 0 bridgehead atoms. The van der Waals surface area contributed by atoms with Gasteiger partial charge in [0.15, 0.2) is 10.1 Å². The molecule has 0 fully saturated rings. The minimum absolute atomic E-state index is 0.0821. The number of aromatic nitrogens is 2. The van der Waals surface area contributed by atoms with Crippen LogP contribution in [0.15, 0.2) is 28.6 Å². The molecular weight excluding hydrogens is 352 g/mol. The summed E-state index contributed by atoms with van der Waals surface area (Å²) in [4.78, 5) is 33.8. The quantitative estimate of drug-likeness (QED) is 0.251. The molecular formula is C14H14N4O4S2. The van der Waals surface area contributed by atoms with Crippen molar-refractivity contribution in [3.05, 3.63) is 39.9 Å². The highest BCUT2D eigenvalue weighted by Gasteiger charge is 2.14. The SMILES string of the molecule is CCCC(=O)Nc1nnc(SCC(=O)c2cccc([N+](=O)[O-])c2)s1. The molecule has 0 spiro atoms. The summed E-state index contributed by atoms with van der Waals surface area (Å²) in [5.74, 6) is -0.285. The van der Waals surface area contributed by atoms with Crippen LogP contribution in [0.3, 0.4) is 0 Å². The third kappa shape index (κ3) is 5.10. The first-order valence-electron chi connectivity index (χ1n) is 7.03. The van der Waals surface area contributed by atoms with Gasteiger partial charge in [-0.05, 0) is 6.42 Å². The maximum Gasteiger partial charge on any atom is 0.270 e. The summed E-state index contributed by atoms with van der Waals surface area (Å²) in [5, 5.41) is 21.5. The van der Waals surface area contributed by atoms with E-state index < -0.39 is 4.92 Å². The number of rotatable bonds is 8. The van der Waals surface area contributed by atoms with E-state index in [1.54, 1.807) is 0 Å². The molecule has 1 heterocycles. The average Bonchev–Trinajstić information content (AvgIpc) is 3.00. The van der Waals surface area contributed by atoms with Crippen molar-refractivity contribution in [2.75, 3.05) is 11.1 Å². The van der Waals surface area contributed by atoms with Crippen molar-refractivity contribution in [3.63, 3.8) is 0 Å². The molecule has 0 unspecified atom stereocenters. The topological polar surface area (TPSA) is 115 Å². The second-order valence-electron chi connectivity index (χ2n) is 4.69. The smallest absolute Gasteiger partial charge is 0.270 e. The van der Waals surface area contributed by atoms with E-state index in [1.165, 1.54) is 47.4 Å². The molecule has 24 heavy (non-hydrogen) atoms. The van der Waals surface area contributed by atoms with Crippen LogP contribution in [-0.2, 0) is 4.79 Å². The Bertz CT molecular complexity index is 763. The van der Waals surface area contributed by atoms with Crippen molar-refractivity contribution in [1.82, 2.24) is 10.2 Å². The predicted molar refractivity (Wildman–Crippen MR) is 91.6 cm³/mol. The zero-order valence-corrected chi connectivity index (χ0v) is 14.4. The molecule has 2 rings (SSSR count). The minimum Gasteiger partial charge on any atom is -0.301 e. The Morgan fingerprint density at radius 1 is 1.38 bits per heavy atom. The minimum atomic E-state index is -0.542. The molecule has 1 N–H and O–H groups in total. The van der Waals surface area contributed by atoms with Gasteiger partial charge in [-0.3, -0.25) is 19.7 Å². The fourth-order valence-corrected chi connectivity index (χ4v) is 3.39. The zero-order chi connectivity index (χ0) is 17.5. The lowest BCUT2D eigenvalue weighted by molar-refractivity contribution is -0.384. The van der Waals surface area contributed by atoms with E-state index in [0.29, 0.717) is 15.9 Å². The second-order valence-corrected chi connectivity index (χ2v) is 6.89. The largest absolute Gasteiger partial charge is 0.301 e. The highest BCUT2D eigenvalue weighted by Crippen LogP contribution is 2.26. The van der Waals surface area contributed by atoms with E-state index in [2.05, 4.69) is 15.5 Å². The van der Waals surface area contributed by atoms with Crippen LogP contribution >= 0.6 is 23.1 Å². The maximum absolute atomic E-state index is 12.1. The normalized spacial score (nSPS) is 10.4. The maximum atomic E-state index is 12.1. The van der Waals surface area contributed by atoms with Crippen molar-refractivity contribution in [2.24, 2.45) is 0 Å². The number of carbonyl (C=O) groups excluding carboxylic acids is 2. The van der Waals surface area contributed by atoms with Crippen LogP contribution in [0, 0.1) is 10.1 Å². The van der Waals surface area contributed by atoms with Crippen LogP contribution in [0.1, 0.15) is 30.1 Å². The number of hydrogen-bond acceptors (Lipinski definition) is 8. The van der Waals surface area contributed by atoms with E-state index in [0.717, 1.165) is 6.42 Å². The fourth-order valence-electron chi connectivity index (χ4n) is 1.73. The Hall–Kier alpha value is -2.33. The van der Waals surface area contributed by atoms with E-state index in [-0.39, 0.29) is 28.7 Å². The molecule has 0 aliphatic heterocycles. The van der Waals surface area contributed by atoms with E-state index >= 15 is 0 Å². The zero-order valence-electron chi connectivity index (χ0n) is 12.7. The standard InChI is InChI=1S/C14H14N4O4S2/c1-2-4-12(20)15-13-16-17-14(24-13)23-8-11(19)9-5-3-6-10(7-9)18(21)22/h3,5-7H,2,4,8H2,1H3,(H,15,16,20). The molecule has 2 aromatic rings. The monoisotopic (exact) mass is 366 g/mol. The van der Waals surface area contributed by atoms with Gasteiger partial charge in [-0.25, -0.2) is 0 Å². The molecule has 10 heteroatoms. The number of thioether (sulfide) groups is 1. The number of ketones is 1. The molecule has 0 saturated carbocycles. The second kappa shape index (κ2) is 8.50. The predicted octanol–water partition coefficient (Wildman–Crippen LogP) is 3.16. The van der Waals surface area contributed by atoms with Gasteiger partial charge in [-0.2, -0.15) is 0 Å². The Labute approximate surface area is 145 Å². The molecule has 0 radical (unpaired) electrons. The lowest BCUT2D eigenvalue weighted by Gasteiger charge is -1.99. The van der Waals surface area contributed by atoms with Crippen LogP contribution in [0.25, 0.3) is 0 Å². The summed E-state index contributed by atoms with van der Waals surface area (Å²) in [6.07, 6.45) is 1.15. The molecule has 8 nitrogen and oxygen atoms in total. The molecule has 1 aromatic carbocycles. The first-order chi connectivity index (χ1) is 11.5. The van der Waals surface area contributed by atoms with Crippen molar-refractivity contribution in [3.8, 4) is 0 Å². The van der Waals surface area contributed by atoms with Gasteiger partial charge in [0.05, 0.1) is 10.7 Å². The van der Waals surface area contributed by atoms with Gasteiger partial charge >= 0.3 is 0 Å². The number of amides is 1. The van der Waals surface area contributed by atoms with Gasteiger partial charge in [0.2, 0.25) is 11.0 Å². The number of Topliss-reactive ketones (excluding diaryl/α,β-unsaturated/α-hetero) is 1. The number of nitrogens with zero attached hydrogens (tertiary/aromatic N) is 3. The molecule has 0 aliphatic carbocycles. The number of anilines is 1. The summed E-state index contributed by atoms with van der Waals surface area (Å²) < 4.78 is 0.542. The lowest BCUT2D eigenvalue weighted by atomic mass is 10.1. The molecule has 126 valence electrons. The summed E-state index contributed by atoms with van der Waals surface area (Å²) in [6, 6.07) is 5.59. The van der Waals surface area contributed by atoms with Gasteiger partial charge < -0.3 is 5.32 Å². The first-order valence-corrected chi connectivity index (χ1v) is 8.83. The van der Waals surface area contributed by atoms with Gasteiger partial charge in [0.1, 0.15) is 0 Å². The van der Waals surface area contributed by atoms with Crippen molar-refractivity contribution in [2.45, 2.75) is 24.1 Å². The van der Waals surface area contributed by atoms with Crippen LogP contribution in [0.4, 0.5) is 10.8 Å². The summed E-state index contributed by atoms with van der Waals surface area (Å²) in [7, 11) is 0. The fraction of sp³-hybridized carbons (Fsp3) is 0.286. The number of non-ortho nitro benzene ring substituents is 1. The summed E-state index contributed by atoms with van der Waals surface area (Å²) >= 11 is 2.35. The number of nitro benzene ring substituents is 1. The highest BCUT2D eigenvalue weighted by atomic mass is 32.2. The number of nitro groups is 1. The van der Waals surface area contributed by atoms with Crippen LogP contribution in [0.2, 0.25) is 0 Å². The third-order valence-electron chi connectivity index (χ3n) is 2.84. The van der Waals surface area contributed by atoms with Crippen molar-refractivity contribution in [1.29, 1.82) is 0 Å². The van der Waals surface area contributed by atoms with E-state index in [9.17, 15) is 19.7 Å². The molecule has 0 atom stereocenters. The van der Waals surface area contributed by atoms with Gasteiger partial charge in [0, 0.05) is 24.1 Å². The molecule has 1 amide bonds. The van der Waals surface area contributed by atoms with Gasteiger partial charge in [0.25, 0.3) is 5.69 Å². The van der Waals surface area contributed by atoms with Gasteiger partial charge in [-0.1, -0.05) is 42.2 Å². The molecule has 1 aromatic heterocycles. The summed E-state index contributed by atoms with van der Waals surface area (Å²) in [5.41, 5.74) is 0.153. The Balaban J connectivity index is 1.92. The summed E-state index contributed by atoms with van der Waals surface area (Å²) in [6.45, 7) is 1.90. The average molecular weight is 366 g/mol. The van der Waals surface area contributed by atoms with Crippen molar-refractivity contribution >= 4 is 45.6 Å². The van der Waals surface area contributed by atoms with E-state index in [1.807, 2.05) is 6.92 Å². The van der Waals surface area contributed by atoms with Crippen LogP contribution in [-0.4, -0.2) is 32.6 Å². The van der Waals surface area contributed by atoms with Crippen molar-refractivity contribution < 1.29 is 14.5 Å².